The van der Waals surface area contributed by atoms with E-state index in [1.54, 1.807) is 12.1 Å². The molecule has 120 valence electrons. The van der Waals surface area contributed by atoms with Crippen molar-refractivity contribution in [1.82, 2.24) is 5.32 Å². The maximum atomic E-state index is 12.4. The third-order valence-electron chi connectivity index (χ3n) is 5.10. The van der Waals surface area contributed by atoms with Crippen LogP contribution < -0.4 is 10.1 Å². The molecule has 3 nitrogen and oxygen atoms in total. The van der Waals surface area contributed by atoms with Crippen molar-refractivity contribution < 1.29 is 18.3 Å². The smallest absolute Gasteiger partial charge is 0.387 e. The van der Waals surface area contributed by atoms with Crippen molar-refractivity contribution >= 4 is 5.91 Å². The zero-order valence-corrected chi connectivity index (χ0v) is 12.4. The minimum Gasteiger partial charge on any atom is -0.434 e. The van der Waals surface area contributed by atoms with Gasteiger partial charge in [-0.05, 0) is 49.1 Å². The van der Waals surface area contributed by atoms with Gasteiger partial charge in [0.2, 0.25) is 0 Å². The van der Waals surface area contributed by atoms with Gasteiger partial charge in [-0.2, -0.15) is 8.78 Å². The summed E-state index contributed by atoms with van der Waals surface area (Å²) in [6, 6.07) is 6.13. The molecule has 0 heterocycles. The van der Waals surface area contributed by atoms with E-state index in [1.807, 2.05) is 0 Å². The van der Waals surface area contributed by atoms with Crippen molar-refractivity contribution in [2.24, 2.45) is 17.8 Å². The molecule has 0 saturated heterocycles. The molecule has 3 rings (SSSR count). The molecule has 0 aliphatic heterocycles. The van der Waals surface area contributed by atoms with Gasteiger partial charge < -0.3 is 10.1 Å². The number of nitrogens with one attached hydrogen (secondary N) is 1. The first-order valence-electron chi connectivity index (χ1n) is 7.97. The second kappa shape index (κ2) is 6.63. The fourth-order valence-corrected chi connectivity index (χ4v) is 4.11. The van der Waals surface area contributed by atoms with Crippen molar-refractivity contribution in [2.45, 2.75) is 38.7 Å². The van der Waals surface area contributed by atoms with Gasteiger partial charge in [0.25, 0.3) is 5.91 Å². The molecule has 0 radical (unpaired) electrons. The number of hydrogen-bond acceptors (Lipinski definition) is 2. The number of alkyl halides is 2. The second-order valence-electron chi connectivity index (χ2n) is 6.28. The first-order valence-corrected chi connectivity index (χ1v) is 7.97. The lowest BCUT2D eigenvalue weighted by Gasteiger charge is -2.19. The van der Waals surface area contributed by atoms with Crippen LogP contribution in [0.25, 0.3) is 0 Å². The fraction of sp³-hybridized carbons (Fsp3) is 0.588. The van der Waals surface area contributed by atoms with Gasteiger partial charge in [-0.1, -0.05) is 25.0 Å². The molecule has 1 N–H and O–H groups in total. The van der Waals surface area contributed by atoms with Gasteiger partial charge >= 0.3 is 6.61 Å². The largest absolute Gasteiger partial charge is 0.434 e. The predicted molar refractivity (Wildman–Crippen MR) is 79.0 cm³/mol. The van der Waals surface area contributed by atoms with E-state index in [1.165, 1.54) is 37.8 Å². The lowest BCUT2D eigenvalue weighted by atomic mass is 9.92. The number of rotatable bonds is 5. The Hall–Kier alpha value is -1.65. The summed E-state index contributed by atoms with van der Waals surface area (Å²) in [6.07, 6.45) is 6.29. The first-order chi connectivity index (χ1) is 10.6. The number of benzene rings is 1. The van der Waals surface area contributed by atoms with Crippen LogP contribution in [0.4, 0.5) is 8.78 Å². The van der Waals surface area contributed by atoms with Crippen LogP contribution >= 0.6 is 0 Å². The summed E-state index contributed by atoms with van der Waals surface area (Å²) in [5, 5.41) is 2.90. The molecule has 22 heavy (non-hydrogen) atoms. The van der Waals surface area contributed by atoms with Crippen molar-refractivity contribution in [3.05, 3.63) is 29.8 Å². The Kier molecular flexibility index (Phi) is 4.60. The van der Waals surface area contributed by atoms with E-state index in [0.717, 1.165) is 18.3 Å². The average Bonchev–Trinajstić information content (AvgIpc) is 3.08. The third-order valence-corrected chi connectivity index (χ3v) is 5.10. The molecule has 1 amide bonds. The molecule has 5 heteroatoms. The van der Waals surface area contributed by atoms with Crippen LogP contribution in [0.3, 0.4) is 0 Å². The standard InChI is InChI=1S/C17H21F2NO2/c18-17(19)22-15-7-2-1-5-14(15)16(21)20-10-12-9-8-11-4-3-6-13(11)12/h1-2,5,7,11-13,17H,3-4,6,8-10H2,(H,20,21)/t11-,12+,13-/m0/s1. The minimum atomic E-state index is -2.93. The Morgan fingerprint density at radius 1 is 1.23 bits per heavy atom. The van der Waals surface area contributed by atoms with E-state index in [4.69, 9.17) is 0 Å². The maximum absolute atomic E-state index is 12.4. The highest BCUT2D eigenvalue weighted by Crippen LogP contribution is 2.47. The van der Waals surface area contributed by atoms with E-state index in [0.29, 0.717) is 12.5 Å². The van der Waals surface area contributed by atoms with Gasteiger partial charge in [0, 0.05) is 6.54 Å². The average molecular weight is 309 g/mol. The molecule has 0 spiro atoms. The van der Waals surface area contributed by atoms with Crippen LogP contribution in [0.1, 0.15) is 42.5 Å². The summed E-state index contributed by atoms with van der Waals surface area (Å²) in [4.78, 5) is 12.3. The normalized spacial score (nSPS) is 27.0. The van der Waals surface area contributed by atoms with Crippen LogP contribution in [-0.4, -0.2) is 19.1 Å². The minimum absolute atomic E-state index is 0.0693. The van der Waals surface area contributed by atoms with Crippen LogP contribution in [0.5, 0.6) is 5.75 Å². The van der Waals surface area contributed by atoms with Crippen LogP contribution in [0, 0.1) is 17.8 Å². The SMILES string of the molecule is O=C(NC[C@H]1CC[C@@H]2CCC[C@@H]21)c1ccccc1OC(F)F. The summed E-state index contributed by atoms with van der Waals surface area (Å²) in [5.74, 6) is 1.68. The number of ether oxygens (including phenoxy) is 1. The van der Waals surface area contributed by atoms with Crippen LogP contribution in [-0.2, 0) is 0 Å². The Balaban J connectivity index is 1.60. The van der Waals surface area contributed by atoms with E-state index < -0.39 is 6.61 Å². The molecule has 2 fully saturated rings. The first kappa shape index (κ1) is 15.3. The number of carbonyl (C=O) groups is 1. The van der Waals surface area contributed by atoms with Gasteiger partial charge in [0.1, 0.15) is 5.75 Å². The van der Waals surface area contributed by atoms with E-state index in [2.05, 4.69) is 10.1 Å². The number of fused-ring (bicyclic) bond motifs is 1. The zero-order chi connectivity index (χ0) is 15.5. The third kappa shape index (κ3) is 3.23. The van der Waals surface area contributed by atoms with Crippen molar-refractivity contribution in [2.75, 3.05) is 6.54 Å². The molecule has 0 aromatic heterocycles. The number of amides is 1. The van der Waals surface area contributed by atoms with E-state index in [9.17, 15) is 13.6 Å². The molecule has 3 atom stereocenters. The molecule has 1 aromatic carbocycles. The Bertz CT molecular complexity index is 535. The summed E-state index contributed by atoms with van der Waals surface area (Å²) >= 11 is 0. The van der Waals surface area contributed by atoms with E-state index in [-0.39, 0.29) is 17.2 Å². The molecular weight excluding hydrogens is 288 g/mol. The maximum Gasteiger partial charge on any atom is 0.387 e. The fourth-order valence-electron chi connectivity index (χ4n) is 4.11. The Morgan fingerprint density at radius 3 is 2.86 bits per heavy atom. The number of hydrogen-bond donors (Lipinski definition) is 1. The van der Waals surface area contributed by atoms with Crippen molar-refractivity contribution in [1.29, 1.82) is 0 Å². The lowest BCUT2D eigenvalue weighted by molar-refractivity contribution is -0.0501. The highest BCUT2D eigenvalue weighted by molar-refractivity contribution is 5.96. The topological polar surface area (TPSA) is 38.3 Å². The van der Waals surface area contributed by atoms with Gasteiger partial charge in [0.15, 0.2) is 0 Å². The summed E-state index contributed by atoms with van der Waals surface area (Å²) in [7, 11) is 0. The highest BCUT2D eigenvalue weighted by atomic mass is 19.3. The quantitative estimate of drug-likeness (QED) is 0.897. The van der Waals surface area contributed by atoms with Crippen LogP contribution in [0.15, 0.2) is 24.3 Å². The van der Waals surface area contributed by atoms with E-state index >= 15 is 0 Å². The molecular formula is C17H21F2NO2. The highest BCUT2D eigenvalue weighted by Gasteiger charge is 2.38. The van der Waals surface area contributed by atoms with Crippen LogP contribution in [0.2, 0.25) is 0 Å². The van der Waals surface area contributed by atoms with Crippen molar-refractivity contribution in [3.63, 3.8) is 0 Å². The summed E-state index contributed by atoms with van der Waals surface area (Å²) < 4.78 is 29.2. The zero-order valence-electron chi connectivity index (χ0n) is 12.4. The number of carbonyl (C=O) groups excluding carboxylic acids is 1. The molecule has 2 aliphatic carbocycles. The Labute approximate surface area is 129 Å². The Morgan fingerprint density at radius 2 is 2.05 bits per heavy atom. The summed E-state index contributed by atoms with van der Waals surface area (Å²) in [6.45, 7) is -2.30. The molecule has 2 saturated carbocycles. The molecule has 0 bridgehead atoms. The second-order valence-corrected chi connectivity index (χ2v) is 6.28. The molecule has 2 aliphatic rings. The number of halogens is 2. The van der Waals surface area contributed by atoms with Crippen molar-refractivity contribution in [3.8, 4) is 5.75 Å². The monoisotopic (exact) mass is 309 g/mol. The van der Waals surface area contributed by atoms with Gasteiger partial charge in [-0.15, -0.1) is 0 Å². The number of para-hydroxylation sites is 1. The lowest BCUT2D eigenvalue weighted by Crippen LogP contribution is -2.31. The molecule has 0 unspecified atom stereocenters. The van der Waals surface area contributed by atoms with Gasteiger partial charge in [-0.3, -0.25) is 4.79 Å². The molecule has 1 aromatic rings. The predicted octanol–water partition coefficient (Wildman–Crippen LogP) is 3.84. The van der Waals surface area contributed by atoms with Gasteiger partial charge in [0.05, 0.1) is 5.56 Å². The summed E-state index contributed by atoms with van der Waals surface area (Å²) in [5.41, 5.74) is 0.170. The van der Waals surface area contributed by atoms with Gasteiger partial charge in [-0.25, -0.2) is 0 Å².